The number of nitrogens with zero attached hydrogens (tertiary/aromatic N) is 4. The second-order valence-corrected chi connectivity index (χ2v) is 7.79. The fraction of sp³-hybridized carbons (Fsp3) is 0.364. The van der Waals surface area contributed by atoms with Gasteiger partial charge in [0.15, 0.2) is 0 Å². The predicted octanol–water partition coefficient (Wildman–Crippen LogP) is 2.44. The van der Waals surface area contributed by atoms with Crippen LogP contribution < -0.4 is 4.90 Å². The van der Waals surface area contributed by atoms with Crippen molar-refractivity contribution in [3.63, 3.8) is 0 Å². The molecule has 1 aromatic heterocycles. The zero-order chi connectivity index (χ0) is 22.9. The Kier molecular flexibility index (Phi) is 5.86. The molecule has 10 heteroatoms. The summed E-state index contributed by atoms with van der Waals surface area (Å²) in [5.74, 6) is -1.44. The van der Waals surface area contributed by atoms with Crippen molar-refractivity contribution in [2.75, 3.05) is 37.6 Å². The molecule has 168 valence electrons. The van der Waals surface area contributed by atoms with Crippen molar-refractivity contribution in [1.29, 1.82) is 0 Å². The second-order valence-electron chi connectivity index (χ2n) is 7.79. The number of carbonyl (C=O) groups is 3. The number of hydrogen-bond acceptors (Lipinski definition) is 4. The van der Waals surface area contributed by atoms with Crippen LogP contribution in [0.5, 0.6) is 0 Å². The van der Waals surface area contributed by atoms with E-state index in [1.165, 1.54) is 17.0 Å². The molecule has 3 heterocycles. The first-order valence-corrected chi connectivity index (χ1v) is 10.2. The first-order valence-electron chi connectivity index (χ1n) is 10.2. The predicted molar refractivity (Wildman–Crippen MR) is 109 cm³/mol. The molecule has 0 radical (unpaired) electrons. The fourth-order valence-corrected chi connectivity index (χ4v) is 4.01. The molecule has 0 N–H and O–H groups in total. The van der Waals surface area contributed by atoms with Gasteiger partial charge >= 0.3 is 6.18 Å². The lowest BCUT2D eigenvalue weighted by molar-refractivity contribution is -0.138. The molecule has 4 rings (SSSR count). The molecule has 2 aliphatic rings. The molecule has 2 fully saturated rings. The zero-order valence-corrected chi connectivity index (χ0v) is 17.1. The van der Waals surface area contributed by atoms with E-state index in [-0.39, 0.29) is 36.4 Å². The Hall–Kier alpha value is -3.43. The summed E-state index contributed by atoms with van der Waals surface area (Å²) in [6, 6.07) is 9.63. The van der Waals surface area contributed by atoms with E-state index in [9.17, 15) is 27.6 Å². The van der Waals surface area contributed by atoms with Gasteiger partial charge in [-0.3, -0.25) is 19.4 Å². The smallest absolute Gasteiger partial charge is 0.339 e. The van der Waals surface area contributed by atoms with Gasteiger partial charge in [0.2, 0.25) is 11.8 Å². The number of halogens is 3. The van der Waals surface area contributed by atoms with E-state index < -0.39 is 17.7 Å². The van der Waals surface area contributed by atoms with E-state index in [0.717, 1.165) is 12.1 Å². The summed E-state index contributed by atoms with van der Waals surface area (Å²) in [6.45, 7) is 1.38. The van der Waals surface area contributed by atoms with E-state index >= 15 is 0 Å². The van der Waals surface area contributed by atoms with E-state index in [1.54, 1.807) is 34.2 Å². The number of pyridine rings is 1. The molecule has 0 bridgehead atoms. The van der Waals surface area contributed by atoms with Crippen LogP contribution >= 0.6 is 0 Å². The Morgan fingerprint density at radius 3 is 2.34 bits per heavy atom. The maximum absolute atomic E-state index is 13.0. The third kappa shape index (κ3) is 4.44. The lowest BCUT2D eigenvalue weighted by Gasteiger charge is -2.35. The van der Waals surface area contributed by atoms with Crippen LogP contribution in [0.2, 0.25) is 0 Å². The third-order valence-electron chi connectivity index (χ3n) is 5.72. The number of piperazine rings is 1. The molecule has 2 aliphatic heterocycles. The summed E-state index contributed by atoms with van der Waals surface area (Å²) in [4.78, 5) is 46.4. The van der Waals surface area contributed by atoms with Gasteiger partial charge in [-0.15, -0.1) is 0 Å². The molecular formula is C22H21F3N4O3. The molecule has 0 saturated carbocycles. The maximum atomic E-state index is 13.0. The molecule has 0 spiro atoms. The maximum Gasteiger partial charge on any atom is 0.416 e. The SMILES string of the molecule is O=C(c1ccccn1)N1CCN(C(=O)C2CC(=O)N(c3cccc(C(F)(F)F)c3)C2)CC1. The Morgan fingerprint density at radius 2 is 1.69 bits per heavy atom. The Bertz CT molecular complexity index is 1020. The number of rotatable bonds is 3. The first kappa shape index (κ1) is 21.8. The van der Waals surface area contributed by atoms with E-state index in [4.69, 9.17) is 0 Å². The van der Waals surface area contributed by atoms with Crippen LogP contribution in [0.15, 0.2) is 48.7 Å². The van der Waals surface area contributed by atoms with Crippen LogP contribution in [0.25, 0.3) is 0 Å². The molecule has 2 saturated heterocycles. The van der Waals surface area contributed by atoms with Crippen molar-refractivity contribution in [1.82, 2.24) is 14.8 Å². The second kappa shape index (κ2) is 8.60. The molecule has 3 amide bonds. The molecule has 32 heavy (non-hydrogen) atoms. The van der Waals surface area contributed by atoms with Crippen molar-refractivity contribution in [3.8, 4) is 0 Å². The Labute approximate surface area is 182 Å². The number of alkyl halides is 3. The van der Waals surface area contributed by atoms with Crippen molar-refractivity contribution in [2.24, 2.45) is 5.92 Å². The van der Waals surface area contributed by atoms with Crippen LogP contribution in [0, 0.1) is 5.92 Å². The van der Waals surface area contributed by atoms with Gasteiger partial charge in [0, 0.05) is 51.0 Å². The molecule has 1 unspecified atom stereocenters. The van der Waals surface area contributed by atoms with Crippen LogP contribution in [-0.4, -0.2) is 65.2 Å². The van der Waals surface area contributed by atoms with Gasteiger partial charge in [-0.1, -0.05) is 12.1 Å². The highest BCUT2D eigenvalue weighted by atomic mass is 19.4. The number of amides is 3. The topological polar surface area (TPSA) is 73.8 Å². The van der Waals surface area contributed by atoms with Crippen LogP contribution in [-0.2, 0) is 15.8 Å². The minimum Gasteiger partial charge on any atom is -0.339 e. The van der Waals surface area contributed by atoms with Gasteiger partial charge in [-0.05, 0) is 30.3 Å². The Balaban J connectivity index is 1.37. The van der Waals surface area contributed by atoms with E-state index in [2.05, 4.69) is 4.98 Å². The highest BCUT2D eigenvalue weighted by Crippen LogP contribution is 2.33. The lowest BCUT2D eigenvalue weighted by Crippen LogP contribution is -2.52. The van der Waals surface area contributed by atoms with Gasteiger partial charge in [-0.2, -0.15) is 13.2 Å². The summed E-state index contributed by atoms with van der Waals surface area (Å²) in [5, 5.41) is 0. The van der Waals surface area contributed by atoms with E-state index in [0.29, 0.717) is 31.9 Å². The largest absolute Gasteiger partial charge is 0.416 e. The van der Waals surface area contributed by atoms with Crippen molar-refractivity contribution in [3.05, 3.63) is 59.9 Å². The average Bonchev–Trinajstić information content (AvgIpc) is 3.20. The third-order valence-corrected chi connectivity index (χ3v) is 5.72. The van der Waals surface area contributed by atoms with Crippen molar-refractivity contribution >= 4 is 23.4 Å². The lowest BCUT2D eigenvalue weighted by atomic mass is 10.1. The van der Waals surface area contributed by atoms with Gasteiger partial charge in [0.05, 0.1) is 11.5 Å². The first-order chi connectivity index (χ1) is 15.2. The Morgan fingerprint density at radius 1 is 0.969 bits per heavy atom. The molecule has 1 aromatic carbocycles. The number of aromatic nitrogens is 1. The molecule has 7 nitrogen and oxygen atoms in total. The summed E-state index contributed by atoms with van der Waals surface area (Å²) >= 11 is 0. The zero-order valence-electron chi connectivity index (χ0n) is 17.1. The number of anilines is 1. The van der Waals surface area contributed by atoms with Crippen LogP contribution in [0.3, 0.4) is 0 Å². The van der Waals surface area contributed by atoms with Gasteiger partial charge in [-0.25, -0.2) is 0 Å². The van der Waals surface area contributed by atoms with Crippen LogP contribution in [0.1, 0.15) is 22.5 Å². The van der Waals surface area contributed by atoms with E-state index in [1.807, 2.05) is 0 Å². The quantitative estimate of drug-likeness (QED) is 0.726. The minimum atomic E-state index is -4.51. The highest BCUT2D eigenvalue weighted by molar-refractivity contribution is 6.00. The van der Waals surface area contributed by atoms with Crippen molar-refractivity contribution < 1.29 is 27.6 Å². The van der Waals surface area contributed by atoms with Gasteiger partial charge < -0.3 is 14.7 Å². The normalized spacial score (nSPS) is 19.4. The number of benzene rings is 1. The summed E-state index contributed by atoms with van der Waals surface area (Å²) in [7, 11) is 0. The fourth-order valence-electron chi connectivity index (χ4n) is 4.01. The standard InChI is InChI=1S/C22H21F3N4O3/c23-22(24,25)16-4-3-5-17(13-16)29-14-15(12-19(29)30)20(31)27-8-10-28(11-9-27)21(32)18-6-1-2-7-26-18/h1-7,13,15H,8-12,14H2. The average molecular weight is 446 g/mol. The summed E-state index contributed by atoms with van der Waals surface area (Å²) in [6.07, 6.45) is -3.02. The van der Waals surface area contributed by atoms with Crippen LogP contribution in [0.4, 0.5) is 18.9 Å². The summed E-state index contributed by atoms with van der Waals surface area (Å²) in [5.41, 5.74) is -0.373. The molecule has 1 atom stereocenters. The van der Waals surface area contributed by atoms with Gasteiger partial charge in [0.25, 0.3) is 5.91 Å². The van der Waals surface area contributed by atoms with Crippen molar-refractivity contribution in [2.45, 2.75) is 12.6 Å². The molecule has 2 aromatic rings. The molecule has 0 aliphatic carbocycles. The number of hydrogen-bond donors (Lipinski definition) is 0. The monoisotopic (exact) mass is 446 g/mol. The van der Waals surface area contributed by atoms with Gasteiger partial charge in [0.1, 0.15) is 5.69 Å². The summed E-state index contributed by atoms with van der Waals surface area (Å²) < 4.78 is 39.0. The highest BCUT2D eigenvalue weighted by Gasteiger charge is 2.39. The molecular weight excluding hydrogens is 425 g/mol. The number of carbonyl (C=O) groups excluding carboxylic acids is 3. The minimum absolute atomic E-state index is 0.0338.